The molecule has 0 aliphatic rings. The van der Waals surface area contributed by atoms with E-state index in [2.05, 4.69) is 14.9 Å². The van der Waals surface area contributed by atoms with Crippen molar-refractivity contribution in [2.45, 2.75) is 13.8 Å². The summed E-state index contributed by atoms with van der Waals surface area (Å²) in [4.78, 5) is 13.0. The van der Waals surface area contributed by atoms with Crippen LogP contribution in [-0.2, 0) is 0 Å². The number of hydrogen-bond acceptors (Lipinski definition) is 4. The summed E-state index contributed by atoms with van der Waals surface area (Å²) in [6.45, 7) is 4.07. The molecular weight excluding hydrogens is 294 g/mol. The van der Waals surface area contributed by atoms with Gasteiger partial charge in [0.15, 0.2) is 0 Å². The molecule has 0 aliphatic heterocycles. The molecule has 0 radical (unpaired) electrons. The van der Waals surface area contributed by atoms with E-state index >= 15 is 0 Å². The third-order valence-corrected chi connectivity index (χ3v) is 4.23. The molecule has 0 unspecified atom stereocenters. The predicted octanol–water partition coefficient (Wildman–Crippen LogP) is 4.07. The molecule has 4 nitrogen and oxygen atoms in total. The molecule has 0 atom stereocenters. The van der Waals surface area contributed by atoms with Crippen LogP contribution in [0, 0.1) is 13.8 Å². The molecule has 0 saturated carbocycles. The molecule has 1 amide bonds. The summed E-state index contributed by atoms with van der Waals surface area (Å²) in [5.41, 5.74) is 4.62. The number of rotatable bonds is 3. The van der Waals surface area contributed by atoms with E-state index < -0.39 is 0 Å². The second kappa shape index (κ2) is 6.07. The number of aryl methyl sites for hydroxylation is 2. The minimum atomic E-state index is -0.183. The van der Waals surface area contributed by atoms with Gasteiger partial charge in [0.2, 0.25) is 0 Å². The lowest BCUT2D eigenvalue weighted by Gasteiger charge is -2.07. The van der Waals surface area contributed by atoms with E-state index in [1.807, 2.05) is 62.4 Å². The van der Waals surface area contributed by atoms with Gasteiger partial charge in [0.25, 0.3) is 5.91 Å². The van der Waals surface area contributed by atoms with Crippen molar-refractivity contribution in [2.24, 2.45) is 0 Å². The summed E-state index contributed by atoms with van der Waals surface area (Å²) in [5, 5.41) is 7.00. The number of amides is 1. The molecule has 5 heteroatoms. The number of benzene rings is 2. The zero-order valence-corrected chi connectivity index (χ0v) is 13.1. The molecule has 2 aromatic carbocycles. The summed E-state index contributed by atoms with van der Waals surface area (Å²) in [6.07, 6.45) is 0. The van der Waals surface area contributed by atoms with Crippen LogP contribution in [0.15, 0.2) is 48.5 Å². The average Bonchev–Trinajstić information content (AvgIpc) is 3.01. The highest BCUT2D eigenvalue weighted by atomic mass is 32.1. The number of carbonyl (C=O) groups is 1. The van der Waals surface area contributed by atoms with Gasteiger partial charge in [-0.25, -0.2) is 0 Å². The van der Waals surface area contributed by atoms with Crippen LogP contribution in [0.25, 0.3) is 11.3 Å². The average molecular weight is 309 g/mol. The van der Waals surface area contributed by atoms with E-state index in [4.69, 9.17) is 0 Å². The molecule has 3 aromatic rings. The first-order valence-electron chi connectivity index (χ1n) is 6.91. The van der Waals surface area contributed by atoms with E-state index in [1.165, 1.54) is 5.56 Å². The Morgan fingerprint density at radius 1 is 1.05 bits per heavy atom. The van der Waals surface area contributed by atoms with Crippen LogP contribution in [0.1, 0.15) is 20.8 Å². The summed E-state index contributed by atoms with van der Waals surface area (Å²) in [5.74, 6) is -0.183. The van der Waals surface area contributed by atoms with Gasteiger partial charge in [-0.15, -0.1) is 5.10 Å². The zero-order valence-electron chi connectivity index (χ0n) is 12.3. The molecule has 0 saturated heterocycles. The van der Waals surface area contributed by atoms with Crippen LogP contribution in [-0.4, -0.2) is 15.5 Å². The summed E-state index contributed by atoms with van der Waals surface area (Å²) in [6, 6.07) is 15.5. The van der Waals surface area contributed by atoms with E-state index in [0.717, 1.165) is 28.3 Å². The van der Waals surface area contributed by atoms with Crippen LogP contribution in [0.2, 0.25) is 0 Å². The van der Waals surface area contributed by atoms with Crippen molar-refractivity contribution in [2.75, 3.05) is 5.32 Å². The Morgan fingerprint density at radius 2 is 1.82 bits per heavy atom. The summed E-state index contributed by atoms with van der Waals surface area (Å²) in [7, 11) is 0. The van der Waals surface area contributed by atoms with Crippen molar-refractivity contribution < 1.29 is 4.79 Å². The smallest absolute Gasteiger partial charge is 0.269 e. The van der Waals surface area contributed by atoms with Crippen LogP contribution < -0.4 is 5.32 Å². The molecule has 0 bridgehead atoms. The number of anilines is 1. The van der Waals surface area contributed by atoms with E-state index in [1.54, 1.807) is 0 Å². The Labute approximate surface area is 133 Å². The highest BCUT2D eigenvalue weighted by molar-refractivity contribution is 7.08. The molecule has 0 aliphatic carbocycles. The molecule has 1 heterocycles. The highest BCUT2D eigenvalue weighted by Gasteiger charge is 2.17. The first kappa shape index (κ1) is 14.4. The zero-order chi connectivity index (χ0) is 15.5. The first-order chi connectivity index (χ1) is 10.6. The quantitative estimate of drug-likeness (QED) is 0.793. The van der Waals surface area contributed by atoms with Gasteiger partial charge in [0.1, 0.15) is 10.6 Å². The lowest BCUT2D eigenvalue weighted by atomic mass is 10.1. The SMILES string of the molecule is Cc1ccc(NC(=O)c2snnc2-c2ccccc2)cc1C. The largest absolute Gasteiger partial charge is 0.321 e. The number of aromatic nitrogens is 2. The van der Waals surface area contributed by atoms with E-state index in [9.17, 15) is 4.79 Å². The van der Waals surface area contributed by atoms with E-state index in [-0.39, 0.29) is 5.91 Å². The van der Waals surface area contributed by atoms with Crippen molar-refractivity contribution in [3.63, 3.8) is 0 Å². The molecule has 1 aromatic heterocycles. The number of nitrogens with one attached hydrogen (secondary N) is 1. The van der Waals surface area contributed by atoms with Crippen molar-refractivity contribution >= 4 is 23.1 Å². The standard InChI is InChI=1S/C17H15N3OS/c1-11-8-9-14(10-12(11)2)18-17(21)16-15(19-20-22-16)13-6-4-3-5-7-13/h3-10H,1-2H3,(H,18,21). The van der Waals surface area contributed by atoms with Crippen LogP contribution in [0.5, 0.6) is 0 Å². The maximum atomic E-state index is 12.5. The second-order valence-electron chi connectivity index (χ2n) is 5.07. The second-order valence-corrected chi connectivity index (χ2v) is 5.82. The van der Waals surface area contributed by atoms with Gasteiger partial charge in [-0.05, 0) is 48.6 Å². The lowest BCUT2D eigenvalue weighted by molar-refractivity contribution is 0.103. The maximum Gasteiger partial charge on any atom is 0.269 e. The third kappa shape index (κ3) is 2.89. The number of hydrogen-bond donors (Lipinski definition) is 1. The minimum absolute atomic E-state index is 0.183. The van der Waals surface area contributed by atoms with Gasteiger partial charge in [-0.2, -0.15) is 0 Å². The molecular formula is C17H15N3OS. The van der Waals surface area contributed by atoms with Gasteiger partial charge in [-0.3, -0.25) is 4.79 Å². The Hall–Kier alpha value is -2.53. The molecule has 0 fully saturated rings. The fraction of sp³-hybridized carbons (Fsp3) is 0.118. The Kier molecular flexibility index (Phi) is 3.98. The third-order valence-electron chi connectivity index (χ3n) is 3.51. The number of carbonyl (C=O) groups excluding carboxylic acids is 1. The fourth-order valence-corrected chi connectivity index (χ4v) is 2.71. The summed E-state index contributed by atoms with van der Waals surface area (Å²) >= 11 is 1.11. The molecule has 0 spiro atoms. The fourth-order valence-electron chi connectivity index (χ4n) is 2.13. The van der Waals surface area contributed by atoms with Gasteiger partial charge in [0, 0.05) is 11.3 Å². The van der Waals surface area contributed by atoms with Gasteiger partial charge < -0.3 is 5.32 Å². The minimum Gasteiger partial charge on any atom is -0.321 e. The van der Waals surface area contributed by atoms with Crippen LogP contribution >= 0.6 is 11.5 Å². The van der Waals surface area contributed by atoms with Gasteiger partial charge >= 0.3 is 0 Å². The monoisotopic (exact) mass is 309 g/mol. The van der Waals surface area contributed by atoms with Crippen molar-refractivity contribution in [3.05, 3.63) is 64.5 Å². The highest BCUT2D eigenvalue weighted by Crippen LogP contribution is 2.25. The molecule has 22 heavy (non-hydrogen) atoms. The Balaban J connectivity index is 1.87. The Bertz CT molecular complexity index is 812. The van der Waals surface area contributed by atoms with Crippen molar-refractivity contribution in [1.82, 2.24) is 9.59 Å². The summed E-state index contributed by atoms with van der Waals surface area (Å²) < 4.78 is 3.92. The molecule has 110 valence electrons. The first-order valence-corrected chi connectivity index (χ1v) is 7.69. The Morgan fingerprint density at radius 3 is 2.55 bits per heavy atom. The molecule has 3 rings (SSSR count). The maximum absolute atomic E-state index is 12.5. The van der Waals surface area contributed by atoms with E-state index in [0.29, 0.717) is 10.6 Å². The predicted molar refractivity (Wildman–Crippen MR) is 89.2 cm³/mol. The van der Waals surface area contributed by atoms with Gasteiger partial charge in [0.05, 0.1) is 0 Å². The normalized spacial score (nSPS) is 10.5. The topological polar surface area (TPSA) is 54.9 Å². The van der Waals surface area contributed by atoms with Crippen LogP contribution in [0.3, 0.4) is 0 Å². The van der Waals surface area contributed by atoms with Gasteiger partial charge in [-0.1, -0.05) is 40.9 Å². The van der Waals surface area contributed by atoms with Crippen molar-refractivity contribution in [1.29, 1.82) is 0 Å². The van der Waals surface area contributed by atoms with Crippen molar-refractivity contribution in [3.8, 4) is 11.3 Å². The van der Waals surface area contributed by atoms with Crippen LogP contribution in [0.4, 0.5) is 5.69 Å². The molecule has 1 N–H and O–H groups in total. The lowest BCUT2D eigenvalue weighted by Crippen LogP contribution is -2.11. The number of nitrogens with zero attached hydrogens (tertiary/aromatic N) is 2.